The van der Waals surface area contributed by atoms with Crippen LogP contribution in [0.5, 0.6) is 0 Å². The van der Waals surface area contributed by atoms with E-state index in [0.29, 0.717) is 13.2 Å². The molecule has 0 aliphatic carbocycles. The van der Waals surface area contributed by atoms with Crippen molar-refractivity contribution in [2.45, 2.75) is 18.9 Å². The van der Waals surface area contributed by atoms with Gasteiger partial charge in [-0.3, -0.25) is 9.64 Å². The number of aryl methyl sites for hydroxylation is 1. The molecule has 1 aliphatic heterocycles. The Hall–Kier alpha value is -2.64. The number of amides is 1. The number of benzene rings is 2. The van der Waals surface area contributed by atoms with Crippen LogP contribution in [0.15, 0.2) is 48.5 Å². The highest BCUT2D eigenvalue weighted by atomic mass is 16.5. The van der Waals surface area contributed by atoms with Crippen molar-refractivity contribution in [3.63, 3.8) is 0 Å². The van der Waals surface area contributed by atoms with Crippen LogP contribution in [0.4, 0.5) is 5.69 Å². The molecule has 0 spiro atoms. The Kier molecular flexibility index (Phi) is 4.37. The van der Waals surface area contributed by atoms with Crippen LogP contribution >= 0.6 is 0 Å². The van der Waals surface area contributed by atoms with Crippen LogP contribution in [0.25, 0.3) is 4.85 Å². The second-order valence-electron chi connectivity index (χ2n) is 6.01. The molecule has 24 heavy (non-hydrogen) atoms. The molecule has 0 bridgehead atoms. The Bertz CT molecular complexity index is 795. The summed E-state index contributed by atoms with van der Waals surface area (Å²) in [5.41, 5.74) is 2.14. The molecule has 2 aromatic carbocycles. The molecule has 4 nitrogen and oxygen atoms in total. The Balaban J connectivity index is 2.15. The van der Waals surface area contributed by atoms with Gasteiger partial charge in [-0.1, -0.05) is 24.3 Å². The summed E-state index contributed by atoms with van der Waals surface area (Å²) in [7, 11) is 1.65. The van der Waals surface area contributed by atoms with E-state index in [1.165, 1.54) is 0 Å². The highest BCUT2D eigenvalue weighted by Gasteiger charge is 2.58. The Morgan fingerprint density at radius 2 is 1.96 bits per heavy atom. The minimum Gasteiger partial charge on any atom is -0.385 e. The zero-order valence-electron chi connectivity index (χ0n) is 14.0. The van der Waals surface area contributed by atoms with E-state index in [0.717, 1.165) is 28.8 Å². The number of hydrogen-bond donors (Lipinski definition) is 0. The summed E-state index contributed by atoms with van der Waals surface area (Å²) in [5.74, 6) is -0.166. The van der Waals surface area contributed by atoms with Gasteiger partial charge in [0, 0.05) is 20.3 Å². The third-order valence-electron chi connectivity index (χ3n) is 4.48. The number of nitrogens with zero attached hydrogens (tertiary/aromatic N) is 2. The van der Waals surface area contributed by atoms with Gasteiger partial charge >= 0.3 is 11.4 Å². The molecule has 4 heteroatoms. The van der Waals surface area contributed by atoms with Crippen LogP contribution in [0.3, 0.4) is 0 Å². The molecule has 1 unspecified atom stereocenters. The monoisotopic (exact) mass is 320 g/mol. The first-order valence-corrected chi connectivity index (χ1v) is 8.01. The van der Waals surface area contributed by atoms with Gasteiger partial charge in [0.05, 0.1) is 16.8 Å². The summed E-state index contributed by atoms with van der Waals surface area (Å²) >= 11 is 0. The predicted octanol–water partition coefficient (Wildman–Crippen LogP) is 3.54. The van der Waals surface area contributed by atoms with E-state index in [-0.39, 0.29) is 5.91 Å². The van der Waals surface area contributed by atoms with Crippen LogP contribution < -0.4 is 4.90 Å². The maximum Gasteiger partial charge on any atom is 0.361 e. The normalized spacial score (nSPS) is 19.2. The van der Waals surface area contributed by atoms with E-state index in [4.69, 9.17) is 11.3 Å². The molecule has 0 radical (unpaired) electrons. The predicted molar refractivity (Wildman–Crippen MR) is 93.8 cm³/mol. The standard InChI is InChI=1S/C20H20N2O2/c1-15-10-11-17-18(14-15)22(12-7-13-24-3)19(23)20(17,21-2)16-8-5-4-6-9-16/h4-6,8-11,14H,7,12-13H2,1,3H3. The third kappa shape index (κ3) is 2.38. The van der Waals surface area contributed by atoms with E-state index in [2.05, 4.69) is 4.85 Å². The number of carbonyl (C=O) groups is 1. The number of rotatable bonds is 5. The molecule has 1 amide bonds. The lowest BCUT2D eigenvalue weighted by molar-refractivity contribution is -0.120. The molecule has 0 saturated carbocycles. The van der Waals surface area contributed by atoms with Crippen molar-refractivity contribution < 1.29 is 9.53 Å². The molecule has 122 valence electrons. The number of anilines is 1. The van der Waals surface area contributed by atoms with Crippen molar-refractivity contribution >= 4 is 11.6 Å². The van der Waals surface area contributed by atoms with Crippen molar-refractivity contribution in [1.82, 2.24) is 0 Å². The lowest BCUT2D eigenvalue weighted by Crippen LogP contribution is -2.39. The van der Waals surface area contributed by atoms with Crippen LogP contribution in [-0.2, 0) is 15.1 Å². The van der Waals surface area contributed by atoms with Crippen molar-refractivity contribution in [3.8, 4) is 0 Å². The molecule has 0 aromatic heterocycles. The Morgan fingerprint density at radius 1 is 1.21 bits per heavy atom. The van der Waals surface area contributed by atoms with Crippen molar-refractivity contribution in [1.29, 1.82) is 0 Å². The minimum atomic E-state index is -1.28. The molecule has 2 aromatic rings. The number of ether oxygens (including phenoxy) is 1. The van der Waals surface area contributed by atoms with Gasteiger partial charge in [-0.15, -0.1) is 0 Å². The molecule has 0 N–H and O–H groups in total. The zero-order valence-corrected chi connectivity index (χ0v) is 14.0. The second kappa shape index (κ2) is 6.46. The molecule has 0 fully saturated rings. The van der Waals surface area contributed by atoms with Gasteiger partial charge in [-0.2, -0.15) is 0 Å². The van der Waals surface area contributed by atoms with E-state index < -0.39 is 5.54 Å². The first-order valence-electron chi connectivity index (χ1n) is 8.01. The average molecular weight is 320 g/mol. The van der Waals surface area contributed by atoms with E-state index >= 15 is 0 Å². The first-order chi connectivity index (χ1) is 11.6. The maximum absolute atomic E-state index is 13.3. The fourth-order valence-corrected chi connectivity index (χ4v) is 3.31. The van der Waals surface area contributed by atoms with E-state index in [9.17, 15) is 4.79 Å². The summed E-state index contributed by atoms with van der Waals surface area (Å²) < 4.78 is 5.11. The van der Waals surface area contributed by atoms with Gasteiger partial charge < -0.3 is 9.64 Å². The fourth-order valence-electron chi connectivity index (χ4n) is 3.31. The summed E-state index contributed by atoms with van der Waals surface area (Å²) in [6.07, 6.45) is 0.735. The van der Waals surface area contributed by atoms with Gasteiger partial charge in [0.2, 0.25) is 0 Å². The van der Waals surface area contributed by atoms with Crippen molar-refractivity contribution in [2.75, 3.05) is 25.2 Å². The second-order valence-corrected chi connectivity index (χ2v) is 6.01. The quantitative estimate of drug-likeness (QED) is 0.624. The minimum absolute atomic E-state index is 0.166. The highest BCUT2D eigenvalue weighted by molar-refractivity contribution is 6.11. The molecule has 3 rings (SSSR count). The van der Waals surface area contributed by atoms with Crippen molar-refractivity contribution in [3.05, 3.63) is 76.6 Å². The topological polar surface area (TPSA) is 33.9 Å². The van der Waals surface area contributed by atoms with Gasteiger partial charge in [-0.25, -0.2) is 6.57 Å². The molecule has 1 aliphatic rings. The highest BCUT2D eigenvalue weighted by Crippen LogP contribution is 2.47. The molecule has 1 atom stereocenters. The summed E-state index contributed by atoms with van der Waals surface area (Å²) in [6.45, 7) is 11.0. The maximum atomic E-state index is 13.3. The number of hydrogen-bond acceptors (Lipinski definition) is 2. The number of methoxy groups -OCH3 is 1. The third-order valence-corrected chi connectivity index (χ3v) is 4.48. The lowest BCUT2D eigenvalue weighted by Gasteiger charge is -2.19. The Labute approximate surface area is 142 Å². The van der Waals surface area contributed by atoms with Crippen LogP contribution in [0, 0.1) is 13.5 Å². The van der Waals surface area contributed by atoms with E-state index in [1.54, 1.807) is 12.0 Å². The van der Waals surface area contributed by atoms with Gasteiger partial charge in [0.15, 0.2) is 0 Å². The van der Waals surface area contributed by atoms with Gasteiger partial charge in [0.25, 0.3) is 0 Å². The number of carbonyl (C=O) groups excluding carboxylic acids is 1. The summed E-state index contributed by atoms with van der Waals surface area (Å²) in [6, 6.07) is 15.2. The summed E-state index contributed by atoms with van der Waals surface area (Å²) in [5, 5.41) is 0. The molecule has 1 heterocycles. The SMILES string of the molecule is [C-]#[N+]C1(c2ccccc2)C(=O)N(CCCOC)c2cc(C)ccc21. The fraction of sp³-hybridized carbons (Fsp3) is 0.300. The molecular weight excluding hydrogens is 300 g/mol. The van der Waals surface area contributed by atoms with Crippen LogP contribution in [-0.4, -0.2) is 26.2 Å². The molecular formula is C20H20N2O2. The smallest absolute Gasteiger partial charge is 0.361 e. The Morgan fingerprint density at radius 3 is 2.62 bits per heavy atom. The molecule has 0 saturated heterocycles. The first kappa shape index (κ1) is 16.2. The lowest BCUT2D eigenvalue weighted by atomic mass is 9.84. The van der Waals surface area contributed by atoms with Gasteiger partial charge in [-0.05, 0) is 43.2 Å². The largest absolute Gasteiger partial charge is 0.385 e. The van der Waals surface area contributed by atoms with Crippen LogP contribution in [0.2, 0.25) is 0 Å². The van der Waals surface area contributed by atoms with Crippen molar-refractivity contribution in [2.24, 2.45) is 0 Å². The average Bonchev–Trinajstić information content (AvgIpc) is 2.84. The number of fused-ring (bicyclic) bond motifs is 1. The van der Waals surface area contributed by atoms with Crippen LogP contribution in [0.1, 0.15) is 23.1 Å². The zero-order chi connectivity index (χ0) is 17.2. The van der Waals surface area contributed by atoms with Gasteiger partial charge in [0.1, 0.15) is 0 Å². The van der Waals surface area contributed by atoms with E-state index in [1.807, 2.05) is 55.5 Å². The summed E-state index contributed by atoms with van der Waals surface area (Å²) in [4.78, 5) is 18.9.